The fraction of sp³-hybridized carbons (Fsp3) is 0.889. The third-order valence-corrected chi connectivity index (χ3v) is 2.56. The first-order chi connectivity index (χ1) is 6.27. The molecule has 1 aliphatic rings. The van der Waals surface area contributed by atoms with Gasteiger partial charge in [0.25, 0.3) is 0 Å². The molecule has 76 valence electrons. The van der Waals surface area contributed by atoms with Gasteiger partial charge in [0.1, 0.15) is 0 Å². The zero-order valence-corrected chi connectivity index (χ0v) is 8.72. The summed E-state index contributed by atoms with van der Waals surface area (Å²) in [7, 11) is 1.69. The molecular weight excluding hydrogens is 190 g/mol. The summed E-state index contributed by atoms with van der Waals surface area (Å²) >= 11 is 5.51. The molecule has 1 atom stereocenters. The van der Waals surface area contributed by atoms with Gasteiger partial charge in [0.15, 0.2) is 0 Å². The minimum Gasteiger partial charge on any atom is -0.380 e. The minimum absolute atomic E-state index is 0.150. The number of hydrogen-bond donors (Lipinski definition) is 0. The molecule has 4 heteroatoms. The van der Waals surface area contributed by atoms with Crippen LogP contribution in [0.2, 0.25) is 0 Å². The molecule has 13 heavy (non-hydrogen) atoms. The molecule has 0 radical (unpaired) electrons. The molecule has 0 spiro atoms. The summed E-state index contributed by atoms with van der Waals surface area (Å²) < 4.78 is 5.22. The minimum atomic E-state index is 0.150. The molecule has 0 aromatic rings. The highest BCUT2D eigenvalue weighted by atomic mass is 35.5. The van der Waals surface area contributed by atoms with Gasteiger partial charge in [-0.05, 0) is 12.8 Å². The Balaban J connectivity index is 2.37. The molecule has 0 aromatic heterocycles. The standard InChI is InChI=1S/C9H16ClNO2/c1-13-8-3-2-6-11(7-8)9(12)4-5-10/h8H,2-7H2,1H3. The summed E-state index contributed by atoms with van der Waals surface area (Å²) in [6.45, 7) is 1.59. The van der Waals surface area contributed by atoms with E-state index in [1.54, 1.807) is 7.11 Å². The Kier molecular flexibility index (Phi) is 4.53. The SMILES string of the molecule is COC1CCCN(C(=O)CCCl)C1. The van der Waals surface area contributed by atoms with Crippen molar-refractivity contribution in [1.29, 1.82) is 0 Å². The van der Waals surface area contributed by atoms with E-state index >= 15 is 0 Å². The van der Waals surface area contributed by atoms with Gasteiger partial charge in [-0.1, -0.05) is 0 Å². The first-order valence-corrected chi connectivity index (χ1v) is 5.18. The van der Waals surface area contributed by atoms with Crippen LogP contribution in [0.15, 0.2) is 0 Å². The lowest BCUT2D eigenvalue weighted by Gasteiger charge is -2.31. The van der Waals surface area contributed by atoms with Crippen molar-refractivity contribution in [1.82, 2.24) is 4.90 Å². The van der Waals surface area contributed by atoms with E-state index in [4.69, 9.17) is 16.3 Å². The van der Waals surface area contributed by atoms with E-state index in [0.29, 0.717) is 12.3 Å². The van der Waals surface area contributed by atoms with Gasteiger partial charge in [0, 0.05) is 32.5 Å². The molecule has 0 bridgehead atoms. The van der Waals surface area contributed by atoms with Gasteiger partial charge in [-0.2, -0.15) is 0 Å². The normalized spacial score (nSPS) is 23.2. The summed E-state index contributed by atoms with van der Waals surface area (Å²) in [5.74, 6) is 0.559. The Morgan fingerprint density at radius 1 is 1.69 bits per heavy atom. The lowest BCUT2D eigenvalue weighted by Crippen LogP contribution is -2.42. The van der Waals surface area contributed by atoms with Crippen LogP contribution in [0, 0.1) is 0 Å². The summed E-state index contributed by atoms with van der Waals surface area (Å²) in [4.78, 5) is 13.3. The van der Waals surface area contributed by atoms with Crippen LogP contribution >= 0.6 is 11.6 Å². The smallest absolute Gasteiger partial charge is 0.223 e. The lowest BCUT2D eigenvalue weighted by atomic mass is 10.1. The van der Waals surface area contributed by atoms with Crippen LogP contribution in [0.25, 0.3) is 0 Å². The fourth-order valence-corrected chi connectivity index (χ4v) is 1.76. The second kappa shape index (κ2) is 5.45. The predicted molar refractivity (Wildman–Crippen MR) is 51.9 cm³/mol. The van der Waals surface area contributed by atoms with Crippen LogP contribution in [-0.4, -0.2) is 43.0 Å². The van der Waals surface area contributed by atoms with E-state index in [1.165, 1.54) is 0 Å². The van der Waals surface area contributed by atoms with Gasteiger partial charge in [0.05, 0.1) is 6.10 Å². The Hall–Kier alpha value is -0.280. The number of amides is 1. The maximum atomic E-state index is 11.4. The van der Waals surface area contributed by atoms with Gasteiger partial charge >= 0.3 is 0 Å². The number of methoxy groups -OCH3 is 1. The molecule has 0 aromatic carbocycles. The van der Waals surface area contributed by atoms with Crippen molar-refractivity contribution in [3.8, 4) is 0 Å². The van der Waals surface area contributed by atoms with E-state index in [2.05, 4.69) is 0 Å². The van der Waals surface area contributed by atoms with Crippen LogP contribution in [0.3, 0.4) is 0 Å². The summed E-state index contributed by atoms with van der Waals surface area (Å²) in [5, 5.41) is 0. The topological polar surface area (TPSA) is 29.5 Å². The Morgan fingerprint density at radius 2 is 2.46 bits per heavy atom. The zero-order chi connectivity index (χ0) is 9.68. The van der Waals surface area contributed by atoms with Crippen molar-refractivity contribution < 1.29 is 9.53 Å². The molecule has 3 nitrogen and oxygen atoms in total. The number of hydrogen-bond acceptors (Lipinski definition) is 2. The average Bonchev–Trinajstić information content (AvgIpc) is 2.18. The van der Waals surface area contributed by atoms with E-state index in [9.17, 15) is 4.79 Å². The lowest BCUT2D eigenvalue weighted by molar-refractivity contribution is -0.134. The van der Waals surface area contributed by atoms with Crippen LogP contribution in [0.5, 0.6) is 0 Å². The summed E-state index contributed by atoms with van der Waals surface area (Å²) in [6.07, 6.45) is 2.75. The van der Waals surface area contributed by atoms with Gasteiger partial charge in [-0.25, -0.2) is 0 Å². The number of likely N-dealkylation sites (tertiary alicyclic amines) is 1. The number of ether oxygens (including phenoxy) is 1. The quantitative estimate of drug-likeness (QED) is 0.650. The molecule has 1 heterocycles. The highest BCUT2D eigenvalue weighted by Gasteiger charge is 2.22. The van der Waals surface area contributed by atoms with Gasteiger partial charge in [-0.3, -0.25) is 4.79 Å². The van der Waals surface area contributed by atoms with Crippen LogP contribution < -0.4 is 0 Å². The molecule has 1 rings (SSSR count). The van der Waals surface area contributed by atoms with Crippen LogP contribution in [0.4, 0.5) is 0 Å². The van der Waals surface area contributed by atoms with Crippen LogP contribution in [0.1, 0.15) is 19.3 Å². The summed E-state index contributed by atoms with van der Waals surface area (Å²) in [6, 6.07) is 0. The molecule has 1 unspecified atom stereocenters. The summed E-state index contributed by atoms with van der Waals surface area (Å²) in [5.41, 5.74) is 0. The highest BCUT2D eigenvalue weighted by molar-refractivity contribution is 6.18. The maximum Gasteiger partial charge on any atom is 0.223 e. The molecular formula is C9H16ClNO2. The Morgan fingerprint density at radius 3 is 3.08 bits per heavy atom. The van der Waals surface area contributed by atoms with Crippen molar-refractivity contribution in [2.45, 2.75) is 25.4 Å². The van der Waals surface area contributed by atoms with Crippen molar-refractivity contribution in [3.05, 3.63) is 0 Å². The molecule has 0 N–H and O–H groups in total. The van der Waals surface area contributed by atoms with E-state index in [-0.39, 0.29) is 12.0 Å². The highest BCUT2D eigenvalue weighted by Crippen LogP contribution is 2.13. The number of piperidine rings is 1. The van der Waals surface area contributed by atoms with Gasteiger partial charge < -0.3 is 9.64 Å². The van der Waals surface area contributed by atoms with E-state index in [0.717, 1.165) is 25.9 Å². The molecule has 0 saturated carbocycles. The predicted octanol–water partition coefficient (Wildman–Crippen LogP) is 1.25. The van der Waals surface area contributed by atoms with Crippen molar-refractivity contribution in [2.24, 2.45) is 0 Å². The van der Waals surface area contributed by atoms with Crippen molar-refractivity contribution in [2.75, 3.05) is 26.1 Å². The van der Waals surface area contributed by atoms with Gasteiger partial charge in [0.2, 0.25) is 5.91 Å². The van der Waals surface area contributed by atoms with E-state index < -0.39 is 0 Å². The number of halogens is 1. The number of nitrogens with zero attached hydrogens (tertiary/aromatic N) is 1. The van der Waals surface area contributed by atoms with Crippen molar-refractivity contribution in [3.63, 3.8) is 0 Å². The molecule has 1 fully saturated rings. The molecule has 1 amide bonds. The van der Waals surface area contributed by atoms with Crippen LogP contribution in [-0.2, 0) is 9.53 Å². The average molecular weight is 206 g/mol. The number of carbonyl (C=O) groups is 1. The fourth-order valence-electron chi connectivity index (χ4n) is 1.60. The largest absolute Gasteiger partial charge is 0.380 e. The molecule has 0 aliphatic carbocycles. The number of alkyl halides is 1. The number of rotatable bonds is 3. The monoisotopic (exact) mass is 205 g/mol. The molecule has 1 aliphatic heterocycles. The first-order valence-electron chi connectivity index (χ1n) is 4.64. The van der Waals surface area contributed by atoms with E-state index in [1.807, 2.05) is 4.90 Å². The Bertz CT molecular complexity index is 175. The Labute approximate surface area is 84.0 Å². The third-order valence-electron chi connectivity index (χ3n) is 2.37. The number of carbonyl (C=O) groups excluding carboxylic acids is 1. The second-order valence-corrected chi connectivity index (χ2v) is 3.66. The third kappa shape index (κ3) is 3.16. The zero-order valence-electron chi connectivity index (χ0n) is 7.96. The maximum absolute atomic E-state index is 11.4. The van der Waals surface area contributed by atoms with Gasteiger partial charge in [-0.15, -0.1) is 11.6 Å². The first kappa shape index (κ1) is 10.8. The van der Waals surface area contributed by atoms with Crippen molar-refractivity contribution >= 4 is 17.5 Å². The second-order valence-electron chi connectivity index (χ2n) is 3.28. The molecule has 1 saturated heterocycles.